The molecule has 0 fully saturated rings. The van der Waals surface area contributed by atoms with Crippen molar-refractivity contribution in [2.45, 2.75) is 20.5 Å². The number of rotatable bonds is 6. The van der Waals surface area contributed by atoms with Crippen molar-refractivity contribution in [1.29, 1.82) is 0 Å². The van der Waals surface area contributed by atoms with Crippen molar-refractivity contribution < 1.29 is 19.0 Å². The zero-order valence-electron chi connectivity index (χ0n) is 13.0. The van der Waals surface area contributed by atoms with Crippen molar-refractivity contribution in [2.75, 3.05) is 13.7 Å². The molecule has 0 atom stereocenters. The van der Waals surface area contributed by atoms with Crippen LogP contribution in [0, 0.1) is 6.92 Å². The molecular formula is C17H19NO4. The first-order valence-electron chi connectivity index (χ1n) is 7.03. The van der Waals surface area contributed by atoms with Gasteiger partial charge in [0.15, 0.2) is 0 Å². The topological polar surface area (TPSA) is 57.7 Å². The molecule has 0 aliphatic carbocycles. The number of methoxy groups -OCH3 is 1. The van der Waals surface area contributed by atoms with E-state index in [1.54, 1.807) is 43.6 Å². The molecule has 5 nitrogen and oxygen atoms in total. The summed E-state index contributed by atoms with van der Waals surface area (Å²) in [6, 6.07) is 8.70. The van der Waals surface area contributed by atoms with Gasteiger partial charge in [0.05, 0.1) is 25.0 Å². The lowest BCUT2D eigenvalue weighted by Crippen LogP contribution is -2.07. The number of ether oxygens (including phenoxy) is 3. The Morgan fingerprint density at radius 1 is 1.23 bits per heavy atom. The fourth-order valence-electron chi connectivity index (χ4n) is 1.98. The lowest BCUT2D eigenvalue weighted by Gasteiger charge is -2.09. The molecule has 0 saturated carbocycles. The Kier molecular flexibility index (Phi) is 5.36. The van der Waals surface area contributed by atoms with Crippen molar-refractivity contribution in [3.8, 4) is 11.5 Å². The van der Waals surface area contributed by atoms with Crippen LogP contribution in [0.4, 0.5) is 0 Å². The summed E-state index contributed by atoms with van der Waals surface area (Å²) in [5.74, 6) is 1.06. The highest BCUT2D eigenvalue weighted by Crippen LogP contribution is 2.20. The van der Waals surface area contributed by atoms with E-state index in [1.807, 2.05) is 13.8 Å². The largest absolute Gasteiger partial charge is 0.497 e. The zero-order valence-corrected chi connectivity index (χ0v) is 13.0. The van der Waals surface area contributed by atoms with Crippen LogP contribution in [0.3, 0.4) is 0 Å². The van der Waals surface area contributed by atoms with Gasteiger partial charge < -0.3 is 14.2 Å². The highest BCUT2D eigenvalue weighted by molar-refractivity contribution is 5.89. The highest BCUT2D eigenvalue weighted by Gasteiger charge is 2.10. The van der Waals surface area contributed by atoms with Gasteiger partial charge in [-0.1, -0.05) is 0 Å². The molecule has 0 radical (unpaired) electrons. The van der Waals surface area contributed by atoms with Crippen molar-refractivity contribution in [3.05, 3.63) is 53.3 Å². The van der Waals surface area contributed by atoms with Gasteiger partial charge in [0.25, 0.3) is 0 Å². The Labute approximate surface area is 129 Å². The number of pyridine rings is 1. The normalized spacial score (nSPS) is 10.1. The molecule has 0 bridgehead atoms. The number of aromatic nitrogens is 1. The van der Waals surface area contributed by atoms with Crippen LogP contribution < -0.4 is 9.47 Å². The Morgan fingerprint density at radius 3 is 2.73 bits per heavy atom. The summed E-state index contributed by atoms with van der Waals surface area (Å²) in [7, 11) is 1.58. The zero-order chi connectivity index (χ0) is 15.9. The van der Waals surface area contributed by atoms with E-state index in [1.165, 1.54) is 0 Å². The van der Waals surface area contributed by atoms with E-state index in [0.717, 1.165) is 11.3 Å². The second-order valence-corrected chi connectivity index (χ2v) is 4.68. The average molecular weight is 301 g/mol. The number of esters is 1. The monoisotopic (exact) mass is 301 g/mol. The average Bonchev–Trinajstić information content (AvgIpc) is 2.55. The number of nitrogens with zero attached hydrogens (tertiary/aromatic N) is 1. The van der Waals surface area contributed by atoms with E-state index < -0.39 is 5.97 Å². The Hall–Kier alpha value is -2.56. The van der Waals surface area contributed by atoms with Crippen LogP contribution in [0.15, 0.2) is 36.5 Å². The third-order valence-electron chi connectivity index (χ3n) is 3.09. The summed E-state index contributed by atoms with van der Waals surface area (Å²) in [5, 5.41) is 0. The molecule has 2 aromatic rings. The standard InChI is InChI=1S/C17H19NO4/c1-4-21-16-6-5-13(9-12(16)2)17(19)22-11-14-10-15(20-3)7-8-18-14/h5-10H,4,11H2,1-3H3. The summed E-state index contributed by atoms with van der Waals surface area (Å²) >= 11 is 0. The summed E-state index contributed by atoms with van der Waals surface area (Å²) < 4.78 is 15.8. The van der Waals surface area contributed by atoms with Gasteiger partial charge in [-0.05, 0) is 43.7 Å². The van der Waals surface area contributed by atoms with Gasteiger partial charge in [-0.25, -0.2) is 4.79 Å². The number of hydrogen-bond acceptors (Lipinski definition) is 5. The molecular weight excluding hydrogens is 282 g/mol. The maximum atomic E-state index is 12.1. The molecule has 0 unspecified atom stereocenters. The minimum Gasteiger partial charge on any atom is -0.497 e. The fourth-order valence-corrected chi connectivity index (χ4v) is 1.98. The van der Waals surface area contributed by atoms with Gasteiger partial charge in [0.1, 0.15) is 18.1 Å². The molecule has 0 N–H and O–H groups in total. The first-order valence-corrected chi connectivity index (χ1v) is 7.03. The van der Waals surface area contributed by atoms with Gasteiger partial charge in [-0.3, -0.25) is 4.98 Å². The van der Waals surface area contributed by atoms with Crippen molar-refractivity contribution >= 4 is 5.97 Å². The van der Waals surface area contributed by atoms with Crippen LogP contribution in [0.2, 0.25) is 0 Å². The van der Waals surface area contributed by atoms with E-state index >= 15 is 0 Å². The maximum Gasteiger partial charge on any atom is 0.338 e. The predicted octanol–water partition coefficient (Wildman–Crippen LogP) is 3.15. The first kappa shape index (κ1) is 15.8. The predicted molar refractivity (Wildman–Crippen MR) is 82.3 cm³/mol. The first-order chi connectivity index (χ1) is 10.6. The fraction of sp³-hybridized carbons (Fsp3) is 0.294. The molecule has 0 amide bonds. The van der Waals surface area contributed by atoms with E-state index in [9.17, 15) is 4.79 Å². The minimum absolute atomic E-state index is 0.0995. The number of aryl methyl sites for hydroxylation is 1. The smallest absolute Gasteiger partial charge is 0.338 e. The number of benzene rings is 1. The molecule has 0 aliphatic heterocycles. The van der Waals surface area contributed by atoms with Crippen LogP contribution in [-0.2, 0) is 11.3 Å². The third kappa shape index (κ3) is 3.97. The minimum atomic E-state index is -0.393. The van der Waals surface area contributed by atoms with E-state index in [0.29, 0.717) is 23.6 Å². The number of hydrogen-bond donors (Lipinski definition) is 0. The second-order valence-electron chi connectivity index (χ2n) is 4.68. The third-order valence-corrected chi connectivity index (χ3v) is 3.09. The Morgan fingerprint density at radius 2 is 2.05 bits per heavy atom. The molecule has 1 aromatic carbocycles. The van der Waals surface area contributed by atoms with E-state index in [2.05, 4.69) is 4.98 Å². The van der Waals surface area contributed by atoms with Gasteiger partial charge in [-0.2, -0.15) is 0 Å². The summed E-state index contributed by atoms with van der Waals surface area (Å²) in [6.45, 7) is 4.50. The van der Waals surface area contributed by atoms with Crippen LogP contribution in [0.5, 0.6) is 11.5 Å². The molecule has 2 rings (SSSR count). The summed E-state index contributed by atoms with van der Waals surface area (Å²) in [6.07, 6.45) is 1.61. The number of carbonyl (C=O) groups excluding carboxylic acids is 1. The van der Waals surface area contributed by atoms with Gasteiger partial charge in [0, 0.05) is 12.3 Å². The molecule has 22 heavy (non-hydrogen) atoms. The quantitative estimate of drug-likeness (QED) is 0.767. The summed E-state index contributed by atoms with van der Waals surface area (Å²) in [5.41, 5.74) is 2.02. The van der Waals surface area contributed by atoms with E-state index in [4.69, 9.17) is 14.2 Å². The van der Waals surface area contributed by atoms with Gasteiger partial charge in [0.2, 0.25) is 0 Å². The Balaban J connectivity index is 2.01. The summed E-state index contributed by atoms with van der Waals surface area (Å²) in [4.78, 5) is 16.2. The van der Waals surface area contributed by atoms with Crippen molar-refractivity contribution in [3.63, 3.8) is 0 Å². The SMILES string of the molecule is CCOc1ccc(C(=O)OCc2cc(OC)ccn2)cc1C. The van der Waals surface area contributed by atoms with Crippen LogP contribution >= 0.6 is 0 Å². The number of carbonyl (C=O) groups is 1. The van der Waals surface area contributed by atoms with Crippen molar-refractivity contribution in [2.24, 2.45) is 0 Å². The molecule has 0 spiro atoms. The van der Waals surface area contributed by atoms with Crippen molar-refractivity contribution in [1.82, 2.24) is 4.98 Å². The molecule has 116 valence electrons. The maximum absolute atomic E-state index is 12.1. The molecule has 1 heterocycles. The van der Waals surface area contributed by atoms with Crippen LogP contribution in [0.1, 0.15) is 28.5 Å². The van der Waals surface area contributed by atoms with E-state index in [-0.39, 0.29) is 6.61 Å². The van der Waals surface area contributed by atoms with Gasteiger partial charge >= 0.3 is 5.97 Å². The second kappa shape index (κ2) is 7.45. The van der Waals surface area contributed by atoms with Gasteiger partial charge in [-0.15, -0.1) is 0 Å². The molecule has 0 saturated heterocycles. The lowest BCUT2D eigenvalue weighted by atomic mass is 10.1. The molecule has 5 heteroatoms. The molecule has 0 aliphatic rings. The lowest BCUT2D eigenvalue weighted by molar-refractivity contribution is 0.0467. The molecule has 1 aromatic heterocycles. The highest BCUT2D eigenvalue weighted by atomic mass is 16.5. The Bertz CT molecular complexity index is 655. The van der Waals surface area contributed by atoms with Crippen LogP contribution in [-0.4, -0.2) is 24.7 Å². The van der Waals surface area contributed by atoms with Crippen LogP contribution in [0.25, 0.3) is 0 Å².